The largest absolute Gasteiger partial charge is 0.314 e. The molecule has 0 aliphatic carbocycles. The van der Waals surface area contributed by atoms with Crippen LogP contribution in [0.2, 0.25) is 0 Å². The summed E-state index contributed by atoms with van der Waals surface area (Å²) in [4.78, 5) is 5.32. The fourth-order valence-corrected chi connectivity index (χ4v) is 3.27. The molecule has 2 saturated heterocycles. The molecule has 0 spiro atoms. The fraction of sp³-hybridized carbons (Fsp3) is 1.00. The lowest BCUT2D eigenvalue weighted by Gasteiger charge is -2.35. The summed E-state index contributed by atoms with van der Waals surface area (Å²) in [7, 11) is 0. The van der Waals surface area contributed by atoms with Crippen molar-refractivity contribution in [2.45, 2.75) is 45.6 Å². The standard InChI is InChI=1S/C15H31N3/c1-3-17-11-6-15(7-12-17)13-18-9-4-8-16-14(2)5-10-18/h14-16H,3-13H2,1-2H3. The zero-order chi connectivity index (χ0) is 12.8. The van der Waals surface area contributed by atoms with Crippen LogP contribution in [-0.2, 0) is 0 Å². The maximum Gasteiger partial charge on any atom is 0.00509 e. The van der Waals surface area contributed by atoms with Crippen molar-refractivity contribution in [1.82, 2.24) is 15.1 Å². The Labute approximate surface area is 113 Å². The van der Waals surface area contributed by atoms with Crippen LogP contribution in [0.1, 0.15) is 39.5 Å². The molecule has 2 heterocycles. The van der Waals surface area contributed by atoms with Gasteiger partial charge in [-0.05, 0) is 77.8 Å². The molecule has 0 amide bonds. The third kappa shape index (κ3) is 4.52. The summed E-state index contributed by atoms with van der Waals surface area (Å²) in [5.41, 5.74) is 0. The molecule has 3 nitrogen and oxygen atoms in total. The number of likely N-dealkylation sites (tertiary alicyclic amines) is 1. The van der Waals surface area contributed by atoms with Gasteiger partial charge in [0.25, 0.3) is 0 Å². The fourth-order valence-electron chi connectivity index (χ4n) is 3.27. The molecule has 2 aliphatic heterocycles. The van der Waals surface area contributed by atoms with Gasteiger partial charge >= 0.3 is 0 Å². The van der Waals surface area contributed by atoms with Crippen molar-refractivity contribution in [3.63, 3.8) is 0 Å². The van der Waals surface area contributed by atoms with E-state index in [1.807, 2.05) is 0 Å². The van der Waals surface area contributed by atoms with Gasteiger partial charge in [0.1, 0.15) is 0 Å². The molecule has 0 saturated carbocycles. The molecule has 0 aromatic carbocycles. The third-order valence-electron chi connectivity index (χ3n) is 4.69. The van der Waals surface area contributed by atoms with Crippen LogP contribution in [0.5, 0.6) is 0 Å². The Bertz CT molecular complexity index is 224. The minimum absolute atomic E-state index is 0.703. The Morgan fingerprint density at radius 3 is 2.44 bits per heavy atom. The maximum atomic E-state index is 3.59. The zero-order valence-electron chi connectivity index (χ0n) is 12.3. The van der Waals surface area contributed by atoms with E-state index in [1.165, 1.54) is 71.5 Å². The topological polar surface area (TPSA) is 18.5 Å². The highest BCUT2D eigenvalue weighted by Crippen LogP contribution is 2.18. The average Bonchev–Trinajstić information content (AvgIpc) is 2.39. The lowest BCUT2D eigenvalue weighted by atomic mass is 9.96. The van der Waals surface area contributed by atoms with E-state index in [4.69, 9.17) is 0 Å². The predicted octanol–water partition coefficient (Wildman–Crippen LogP) is 1.79. The van der Waals surface area contributed by atoms with Gasteiger partial charge in [-0.25, -0.2) is 0 Å². The Morgan fingerprint density at radius 1 is 1.00 bits per heavy atom. The SMILES string of the molecule is CCN1CCC(CN2CCCNC(C)CC2)CC1. The van der Waals surface area contributed by atoms with Gasteiger partial charge in [-0.15, -0.1) is 0 Å². The molecule has 18 heavy (non-hydrogen) atoms. The van der Waals surface area contributed by atoms with Crippen molar-refractivity contribution in [1.29, 1.82) is 0 Å². The highest BCUT2D eigenvalue weighted by Gasteiger charge is 2.21. The number of nitrogens with zero attached hydrogens (tertiary/aromatic N) is 2. The molecule has 0 aromatic heterocycles. The normalized spacial score (nSPS) is 30.0. The van der Waals surface area contributed by atoms with Crippen molar-refractivity contribution in [3.05, 3.63) is 0 Å². The van der Waals surface area contributed by atoms with Crippen molar-refractivity contribution < 1.29 is 0 Å². The van der Waals surface area contributed by atoms with Gasteiger partial charge in [-0.1, -0.05) is 6.92 Å². The number of piperidine rings is 1. The van der Waals surface area contributed by atoms with Gasteiger partial charge in [0.2, 0.25) is 0 Å². The molecule has 0 bridgehead atoms. The molecule has 106 valence electrons. The maximum absolute atomic E-state index is 3.59. The Kier molecular flexibility index (Phi) is 5.93. The highest BCUT2D eigenvalue weighted by molar-refractivity contribution is 4.77. The van der Waals surface area contributed by atoms with Gasteiger partial charge in [0.15, 0.2) is 0 Å². The number of hydrogen-bond donors (Lipinski definition) is 1. The molecular weight excluding hydrogens is 222 g/mol. The zero-order valence-corrected chi connectivity index (χ0v) is 12.3. The summed E-state index contributed by atoms with van der Waals surface area (Å²) >= 11 is 0. The molecule has 0 radical (unpaired) electrons. The van der Waals surface area contributed by atoms with Crippen LogP contribution in [0, 0.1) is 5.92 Å². The smallest absolute Gasteiger partial charge is 0.00509 e. The van der Waals surface area contributed by atoms with Crippen LogP contribution in [0.4, 0.5) is 0 Å². The molecule has 2 aliphatic rings. The van der Waals surface area contributed by atoms with Gasteiger partial charge in [-0.2, -0.15) is 0 Å². The van der Waals surface area contributed by atoms with Crippen LogP contribution < -0.4 is 5.32 Å². The molecule has 3 heteroatoms. The van der Waals surface area contributed by atoms with Crippen molar-refractivity contribution >= 4 is 0 Å². The molecule has 1 atom stereocenters. The second-order valence-corrected chi connectivity index (χ2v) is 6.18. The summed E-state index contributed by atoms with van der Waals surface area (Å²) in [6, 6.07) is 0.703. The van der Waals surface area contributed by atoms with Crippen LogP contribution in [0.3, 0.4) is 0 Å². The second kappa shape index (κ2) is 7.46. The first-order valence-electron chi connectivity index (χ1n) is 7.96. The summed E-state index contributed by atoms with van der Waals surface area (Å²) < 4.78 is 0. The number of hydrogen-bond acceptors (Lipinski definition) is 3. The Balaban J connectivity index is 1.71. The highest BCUT2D eigenvalue weighted by atomic mass is 15.2. The van der Waals surface area contributed by atoms with Gasteiger partial charge in [0, 0.05) is 12.6 Å². The number of rotatable bonds is 3. The summed E-state index contributed by atoms with van der Waals surface area (Å²) in [6.07, 6.45) is 5.46. The molecular formula is C15H31N3. The van der Waals surface area contributed by atoms with Crippen LogP contribution in [0.15, 0.2) is 0 Å². The Morgan fingerprint density at radius 2 is 1.72 bits per heavy atom. The van der Waals surface area contributed by atoms with Crippen LogP contribution in [0.25, 0.3) is 0 Å². The van der Waals surface area contributed by atoms with Crippen LogP contribution in [-0.4, -0.2) is 61.7 Å². The molecule has 0 aromatic rings. The third-order valence-corrected chi connectivity index (χ3v) is 4.69. The molecule has 2 fully saturated rings. The Hall–Kier alpha value is -0.120. The minimum Gasteiger partial charge on any atom is -0.314 e. The van der Waals surface area contributed by atoms with E-state index in [2.05, 4.69) is 29.0 Å². The summed E-state index contributed by atoms with van der Waals surface area (Å²) in [5, 5.41) is 3.59. The molecule has 1 N–H and O–H groups in total. The molecule has 1 unspecified atom stereocenters. The molecule has 2 rings (SSSR count). The average molecular weight is 253 g/mol. The van der Waals surface area contributed by atoms with E-state index in [-0.39, 0.29) is 0 Å². The quantitative estimate of drug-likeness (QED) is 0.827. The minimum atomic E-state index is 0.703. The van der Waals surface area contributed by atoms with E-state index >= 15 is 0 Å². The van der Waals surface area contributed by atoms with Crippen LogP contribution >= 0.6 is 0 Å². The van der Waals surface area contributed by atoms with E-state index in [9.17, 15) is 0 Å². The van der Waals surface area contributed by atoms with Gasteiger partial charge < -0.3 is 15.1 Å². The lowest BCUT2D eigenvalue weighted by molar-refractivity contribution is 0.139. The van der Waals surface area contributed by atoms with Crippen molar-refractivity contribution in [2.75, 3.05) is 45.8 Å². The van der Waals surface area contributed by atoms with Gasteiger partial charge in [-0.3, -0.25) is 0 Å². The second-order valence-electron chi connectivity index (χ2n) is 6.18. The monoisotopic (exact) mass is 253 g/mol. The van der Waals surface area contributed by atoms with Gasteiger partial charge in [0.05, 0.1) is 0 Å². The summed E-state index contributed by atoms with van der Waals surface area (Å²) in [5.74, 6) is 0.954. The predicted molar refractivity (Wildman–Crippen MR) is 78.0 cm³/mol. The first kappa shape index (κ1) is 14.3. The first-order chi connectivity index (χ1) is 8.78. The van der Waals surface area contributed by atoms with Crippen molar-refractivity contribution in [3.8, 4) is 0 Å². The van der Waals surface area contributed by atoms with E-state index < -0.39 is 0 Å². The first-order valence-corrected chi connectivity index (χ1v) is 7.96. The van der Waals surface area contributed by atoms with E-state index in [0.717, 1.165) is 5.92 Å². The lowest BCUT2D eigenvalue weighted by Crippen LogP contribution is -2.42. The van der Waals surface area contributed by atoms with E-state index in [0.29, 0.717) is 6.04 Å². The van der Waals surface area contributed by atoms with E-state index in [1.54, 1.807) is 0 Å². The van der Waals surface area contributed by atoms with Crippen molar-refractivity contribution in [2.24, 2.45) is 5.92 Å². The summed E-state index contributed by atoms with van der Waals surface area (Å²) in [6.45, 7) is 13.6. The number of nitrogens with one attached hydrogen (secondary N) is 1.